The van der Waals surface area contributed by atoms with Crippen molar-refractivity contribution >= 4 is 11.9 Å². The lowest BCUT2D eigenvalue weighted by Crippen LogP contribution is -2.61. The molecule has 1 aromatic rings. The number of hydrogen-bond donors (Lipinski definition) is 5. The van der Waals surface area contributed by atoms with Crippen LogP contribution in [0.1, 0.15) is 100 Å². The molecule has 3 aliphatic rings. The average Bonchev–Trinajstić information content (AvgIpc) is 3.26. The third-order valence-electron chi connectivity index (χ3n) is 14.2. The van der Waals surface area contributed by atoms with E-state index in [0.29, 0.717) is 13.0 Å². The molecule has 4 rings (SSSR count). The molecule has 18 nitrogen and oxygen atoms in total. The van der Waals surface area contributed by atoms with E-state index in [-0.39, 0.29) is 38.4 Å². The third kappa shape index (κ3) is 14.8. The first-order valence-electron chi connectivity index (χ1n) is 23.9. The molecular formula is C49H84N2O16. The van der Waals surface area contributed by atoms with E-state index in [1.165, 1.54) is 14.0 Å². The van der Waals surface area contributed by atoms with Gasteiger partial charge in [-0.15, -0.1) is 0 Å². The standard InChI is InChI=1S/C49H84N2O16/c1-15-36-49(10,58)42(54)32(6)51(13)24-28(2)22-47(8,57)44(30(4)40(31(5)45(56)64-36)66-39-23-48(9,59-14)43(55)33(7)63-39)67-46-41(35(50(11)12)21-29(3)62-46)65-38(53)27-61-37(52)26-60-25-34-19-17-16-18-20-34/h16-20,28-33,35-37,39-44,46,52,54-55,57-58H,15,21-27H2,1-14H3/t28-,29-,30+,31-,32-,33+,35+,36-,37?,39+,40+,41-,42-,43+,44-,46+,47-,48-,49-/m1/s1. The number of rotatable bonds is 15. The number of cyclic esters (lactones) is 1. The molecule has 1 unspecified atom stereocenters. The van der Waals surface area contributed by atoms with Crippen molar-refractivity contribution in [2.45, 2.75) is 198 Å². The molecule has 18 heteroatoms. The zero-order valence-electron chi connectivity index (χ0n) is 42.4. The quantitative estimate of drug-likeness (QED) is 0.126. The smallest absolute Gasteiger partial charge is 0.332 e. The minimum Gasteiger partial charge on any atom is -0.459 e. The molecule has 3 fully saturated rings. The molecule has 0 saturated carbocycles. The van der Waals surface area contributed by atoms with Gasteiger partial charge in [-0.25, -0.2) is 4.79 Å². The molecule has 3 aliphatic heterocycles. The van der Waals surface area contributed by atoms with Crippen LogP contribution in [-0.2, 0) is 58.8 Å². The third-order valence-corrected chi connectivity index (χ3v) is 14.2. The van der Waals surface area contributed by atoms with Gasteiger partial charge < -0.3 is 78.0 Å². The van der Waals surface area contributed by atoms with Crippen LogP contribution in [0.2, 0.25) is 0 Å². The summed E-state index contributed by atoms with van der Waals surface area (Å²) in [5.41, 5.74) is -3.73. The highest BCUT2D eigenvalue weighted by molar-refractivity contribution is 5.73. The zero-order valence-corrected chi connectivity index (χ0v) is 42.4. The van der Waals surface area contributed by atoms with Gasteiger partial charge in [-0.2, -0.15) is 0 Å². The van der Waals surface area contributed by atoms with Crippen molar-refractivity contribution in [2.24, 2.45) is 17.8 Å². The van der Waals surface area contributed by atoms with Gasteiger partial charge in [0, 0.05) is 32.0 Å². The fraction of sp³-hybridized carbons (Fsp3) is 0.837. The Morgan fingerprint density at radius 1 is 0.955 bits per heavy atom. The molecule has 0 radical (unpaired) electrons. The van der Waals surface area contributed by atoms with Crippen LogP contribution in [0.5, 0.6) is 0 Å². The van der Waals surface area contributed by atoms with Gasteiger partial charge in [0.2, 0.25) is 0 Å². The summed E-state index contributed by atoms with van der Waals surface area (Å²) in [6.45, 7) is 17.1. The lowest BCUT2D eigenvalue weighted by atomic mass is 9.77. The molecule has 3 heterocycles. The van der Waals surface area contributed by atoms with E-state index in [9.17, 15) is 35.1 Å². The molecule has 67 heavy (non-hydrogen) atoms. The summed E-state index contributed by atoms with van der Waals surface area (Å²) < 4.78 is 55.5. The number of benzene rings is 1. The molecule has 0 aromatic heterocycles. The SMILES string of the molecule is CC[C@H]1OC(=O)[C@H](C)[C@@H](O[C@H]2C[C@@](C)(OC)[C@@H](O)[C@H](C)O2)[C@H](C)[C@@H](O[C@@H]2O[C@H](C)C[C@H](N(C)C)[C@H]2OC(=O)COC(O)COCc2ccccc2)[C@](C)(O)C[C@@H](C)CN(C)[C@H](C)[C@@H](O)[C@]1(C)O. The van der Waals surface area contributed by atoms with E-state index < -0.39 is 127 Å². The Morgan fingerprint density at radius 2 is 1.61 bits per heavy atom. The number of nitrogens with zero attached hydrogens (tertiary/aromatic N) is 2. The van der Waals surface area contributed by atoms with Crippen LogP contribution in [0.4, 0.5) is 0 Å². The van der Waals surface area contributed by atoms with Gasteiger partial charge in [0.15, 0.2) is 25.0 Å². The van der Waals surface area contributed by atoms with Crippen LogP contribution in [0, 0.1) is 17.8 Å². The number of aliphatic hydroxyl groups excluding tert-OH is 3. The number of aliphatic hydroxyl groups is 5. The predicted molar refractivity (Wildman–Crippen MR) is 246 cm³/mol. The molecule has 0 bridgehead atoms. The summed E-state index contributed by atoms with van der Waals surface area (Å²) in [5.74, 6) is -3.75. The fourth-order valence-electron chi connectivity index (χ4n) is 10.1. The maximum absolute atomic E-state index is 14.5. The van der Waals surface area contributed by atoms with Gasteiger partial charge in [0.05, 0.1) is 60.8 Å². The van der Waals surface area contributed by atoms with Gasteiger partial charge in [-0.1, -0.05) is 51.1 Å². The number of carbonyl (C=O) groups is 2. The average molecular weight is 957 g/mol. The molecule has 1 aromatic carbocycles. The van der Waals surface area contributed by atoms with Crippen LogP contribution in [0.15, 0.2) is 30.3 Å². The minimum absolute atomic E-state index is 0.0728. The van der Waals surface area contributed by atoms with E-state index >= 15 is 0 Å². The first kappa shape index (κ1) is 57.2. The number of hydrogen-bond acceptors (Lipinski definition) is 18. The van der Waals surface area contributed by atoms with Crippen molar-refractivity contribution in [1.29, 1.82) is 0 Å². The van der Waals surface area contributed by atoms with Crippen LogP contribution in [0.3, 0.4) is 0 Å². The van der Waals surface area contributed by atoms with Crippen molar-refractivity contribution in [1.82, 2.24) is 9.80 Å². The molecule has 5 N–H and O–H groups in total. The van der Waals surface area contributed by atoms with Crippen molar-refractivity contribution in [2.75, 3.05) is 48.0 Å². The normalized spacial score (nSPS) is 41.5. The van der Waals surface area contributed by atoms with Crippen molar-refractivity contribution in [3.8, 4) is 0 Å². The summed E-state index contributed by atoms with van der Waals surface area (Å²) in [7, 11) is 6.99. The maximum Gasteiger partial charge on any atom is 0.332 e. The predicted octanol–water partition coefficient (Wildman–Crippen LogP) is 3.00. The first-order valence-corrected chi connectivity index (χ1v) is 23.9. The van der Waals surface area contributed by atoms with Crippen LogP contribution < -0.4 is 0 Å². The van der Waals surface area contributed by atoms with Gasteiger partial charge in [-0.3, -0.25) is 4.79 Å². The Bertz CT molecular complexity index is 1670. The van der Waals surface area contributed by atoms with Crippen LogP contribution in [0.25, 0.3) is 0 Å². The van der Waals surface area contributed by atoms with Gasteiger partial charge in [0.25, 0.3) is 0 Å². The Labute approximate surface area is 398 Å². The number of ether oxygens (including phenoxy) is 9. The fourth-order valence-corrected chi connectivity index (χ4v) is 10.1. The van der Waals surface area contributed by atoms with E-state index in [1.54, 1.807) is 48.5 Å². The lowest BCUT2D eigenvalue weighted by molar-refractivity contribution is -0.319. The summed E-state index contributed by atoms with van der Waals surface area (Å²) in [6.07, 6.45) is -10.8. The summed E-state index contributed by atoms with van der Waals surface area (Å²) in [6, 6.07) is 8.39. The highest BCUT2D eigenvalue weighted by Crippen LogP contribution is 2.40. The second kappa shape index (κ2) is 24.6. The largest absolute Gasteiger partial charge is 0.459 e. The number of carbonyl (C=O) groups excluding carboxylic acids is 2. The van der Waals surface area contributed by atoms with Crippen molar-refractivity contribution in [3.05, 3.63) is 35.9 Å². The second-order valence-corrected chi connectivity index (χ2v) is 20.4. The van der Waals surface area contributed by atoms with Crippen LogP contribution >= 0.6 is 0 Å². The lowest BCUT2D eigenvalue weighted by Gasteiger charge is -2.49. The summed E-state index contributed by atoms with van der Waals surface area (Å²) in [4.78, 5) is 31.9. The number of esters is 2. The van der Waals surface area contributed by atoms with E-state index in [2.05, 4.69) is 0 Å². The molecular weight excluding hydrogens is 873 g/mol. The van der Waals surface area contributed by atoms with Gasteiger partial charge in [0.1, 0.15) is 30.5 Å². The molecule has 0 aliphatic carbocycles. The molecule has 386 valence electrons. The van der Waals surface area contributed by atoms with E-state index in [1.807, 2.05) is 75.1 Å². The second-order valence-electron chi connectivity index (χ2n) is 20.4. The van der Waals surface area contributed by atoms with Gasteiger partial charge >= 0.3 is 11.9 Å². The minimum atomic E-state index is -1.86. The molecule has 19 atom stereocenters. The molecule has 0 amide bonds. The molecule has 3 saturated heterocycles. The summed E-state index contributed by atoms with van der Waals surface area (Å²) in [5, 5.41) is 58.0. The van der Waals surface area contributed by atoms with Crippen molar-refractivity contribution in [3.63, 3.8) is 0 Å². The van der Waals surface area contributed by atoms with Gasteiger partial charge in [-0.05, 0) is 100 Å². The number of likely N-dealkylation sites (N-methyl/N-ethyl adjacent to an activating group) is 2. The Hall–Kier alpha value is -2.40. The van der Waals surface area contributed by atoms with E-state index in [4.69, 9.17) is 42.6 Å². The monoisotopic (exact) mass is 957 g/mol. The zero-order chi connectivity index (χ0) is 50.2. The summed E-state index contributed by atoms with van der Waals surface area (Å²) >= 11 is 0. The van der Waals surface area contributed by atoms with Crippen LogP contribution in [-0.4, -0.2) is 192 Å². The Morgan fingerprint density at radius 3 is 2.22 bits per heavy atom. The highest BCUT2D eigenvalue weighted by atomic mass is 16.7. The van der Waals surface area contributed by atoms with E-state index in [0.717, 1.165) is 5.56 Å². The Kier molecular flexibility index (Phi) is 21.0. The number of methoxy groups -OCH3 is 1. The topological polar surface area (TPSA) is 225 Å². The highest BCUT2D eigenvalue weighted by Gasteiger charge is 2.53. The first-order chi connectivity index (χ1) is 31.3. The Balaban J connectivity index is 1.74. The maximum atomic E-state index is 14.5. The molecule has 0 spiro atoms. The van der Waals surface area contributed by atoms with Crippen molar-refractivity contribution < 1.29 is 77.8 Å².